The van der Waals surface area contributed by atoms with Crippen LogP contribution in [-0.4, -0.2) is 34.5 Å². The van der Waals surface area contributed by atoms with E-state index in [0.29, 0.717) is 12.8 Å². The lowest BCUT2D eigenvalue weighted by molar-refractivity contribution is -0.160. The number of carbonyl (C=O) groups excluding carboxylic acids is 1. The van der Waals surface area contributed by atoms with Crippen molar-refractivity contribution in [1.29, 1.82) is 0 Å². The average molecular weight is 311 g/mol. The van der Waals surface area contributed by atoms with E-state index < -0.39 is 29.0 Å². The Labute approximate surface area is 127 Å². The van der Waals surface area contributed by atoms with Gasteiger partial charge in [-0.15, -0.1) is 0 Å². The van der Waals surface area contributed by atoms with Crippen LogP contribution < -0.4 is 0 Å². The largest absolute Gasteiger partial charge is 0.479 e. The van der Waals surface area contributed by atoms with Crippen LogP contribution >= 0.6 is 0 Å². The van der Waals surface area contributed by atoms with Crippen LogP contribution in [0.3, 0.4) is 0 Å². The molecule has 0 saturated heterocycles. The number of hydrogen-bond donors (Lipinski definition) is 1. The van der Waals surface area contributed by atoms with Crippen LogP contribution in [0.4, 0.5) is 8.78 Å². The summed E-state index contributed by atoms with van der Waals surface area (Å²) in [6.07, 6.45) is 2.83. The van der Waals surface area contributed by atoms with Crippen molar-refractivity contribution >= 4 is 11.9 Å². The molecule has 1 aromatic rings. The number of carboxylic acid groups (broad SMARTS) is 1. The van der Waals surface area contributed by atoms with Gasteiger partial charge in [0.25, 0.3) is 0 Å². The van der Waals surface area contributed by atoms with Gasteiger partial charge in [0.2, 0.25) is 5.91 Å². The maximum absolute atomic E-state index is 13.7. The molecule has 0 bridgehead atoms. The summed E-state index contributed by atoms with van der Waals surface area (Å²) in [5.74, 6) is -3.63. The zero-order valence-corrected chi connectivity index (χ0v) is 12.4. The summed E-state index contributed by atoms with van der Waals surface area (Å²) in [5.41, 5.74) is -1.30. The van der Waals surface area contributed by atoms with Crippen LogP contribution in [0.25, 0.3) is 0 Å². The third-order valence-electron chi connectivity index (χ3n) is 4.47. The average Bonchev–Trinajstić information content (AvgIpc) is 2.51. The van der Waals surface area contributed by atoms with Crippen molar-refractivity contribution in [1.82, 2.24) is 4.90 Å². The smallest absolute Gasteiger partial charge is 0.329 e. The lowest BCUT2D eigenvalue weighted by atomic mass is 9.80. The molecule has 120 valence electrons. The van der Waals surface area contributed by atoms with E-state index in [2.05, 4.69) is 0 Å². The van der Waals surface area contributed by atoms with Crippen molar-refractivity contribution in [2.75, 3.05) is 7.05 Å². The molecule has 1 fully saturated rings. The minimum Gasteiger partial charge on any atom is -0.479 e. The summed E-state index contributed by atoms with van der Waals surface area (Å²) in [6.45, 7) is 0. The SMILES string of the molecule is CN(C(=O)Cc1cccc(F)c1F)C1(C(=O)O)CCCCC1. The normalized spacial score (nSPS) is 17.0. The Balaban J connectivity index is 2.20. The molecule has 0 heterocycles. The van der Waals surface area contributed by atoms with Crippen LogP contribution in [0.1, 0.15) is 37.7 Å². The molecule has 0 aromatic heterocycles. The van der Waals surface area contributed by atoms with E-state index in [-0.39, 0.29) is 12.0 Å². The number of aliphatic carboxylic acids is 1. The number of benzene rings is 1. The molecule has 0 atom stereocenters. The molecular weight excluding hydrogens is 292 g/mol. The van der Waals surface area contributed by atoms with E-state index in [1.807, 2.05) is 0 Å². The topological polar surface area (TPSA) is 57.6 Å². The molecule has 2 rings (SSSR count). The number of carboxylic acids is 1. The number of rotatable bonds is 4. The van der Waals surface area contributed by atoms with Gasteiger partial charge >= 0.3 is 5.97 Å². The predicted octanol–water partition coefficient (Wildman–Crippen LogP) is 2.75. The number of halogens is 2. The molecule has 1 aliphatic carbocycles. The zero-order valence-electron chi connectivity index (χ0n) is 12.4. The molecule has 1 aliphatic rings. The summed E-state index contributed by atoms with van der Waals surface area (Å²) in [6, 6.07) is 3.64. The standard InChI is InChI=1S/C16H19F2NO3/c1-19(16(15(21)22)8-3-2-4-9-16)13(20)10-11-6-5-7-12(17)14(11)18/h5-7H,2-4,8-10H2,1H3,(H,21,22). The van der Waals surface area contributed by atoms with Crippen molar-refractivity contribution < 1.29 is 23.5 Å². The highest BCUT2D eigenvalue weighted by Crippen LogP contribution is 2.33. The molecule has 1 saturated carbocycles. The van der Waals surface area contributed by atoms with Gasteiger partial charge in [-0.1, -0.05) is 31.4 Å². The second kappa shape index (κ2) is 6.42. The van der Waals surface area contributed by atoms with Crippen LogP contribution in [0.15, 0.2) is 18.2 Å². The quantitative estimate of drug-likeness (QED) is 0.930. The third kappa shape index (κ3) is 2.96. The van der Waals surface area contributed by atoms with Crippen molar-refractivity contribution in [3.05, 3.63) is 35.4 Å². The number of likely N-dealkylation sites (N-methyl/N-ethyl adjacent to an activating group) is 1. The van der Waals surface area contributed by atoms with Gasteiger partial charge in [-0.2, -0.15) is 0 Å². The van der Waals surface area contributed by atoms with Crippen LogP contribution in [-0.2, 0) is 16.0 Å². The molecule has 0 aliphatic heterocycles. The van der Waals surface area contributed by atoms with Gasteiger partial charge in [0.15, 0.2) is 11.6 Å². The Hall–Kier alpha value is -1.98. The monoisotopic (exact) mass is 311 g/mol. The molecule has 1 aromatic carbocycles. The molecule has 0 unspecified atom stereocenters. The van der Waals surface area contributed by atoms with E-state index in [9.17, 15) is 23.5 Å². The van der Waals surface area contributed by atoms with Crippen LogP contribution in [0.5, 0.6) is 0 Å². The predicted molar refractivity (Wildman–Crippen MR) is 76.3 cm³/mol. The number of nitrogens with zero attached hydrogens (tertiary/aromatic N) is 1. The first-order valence-electron chi connectivity index (χ1n) is 7.31. The highest BCUT2D eigenvalue weighted by atomic mass is 19.2. The molecule has 4 nitrogen and oxygen atoms in total. The number of hydrogen-bond acceptors (Lipinski definition) is 2. The summed E-state index contributed by atoms with van der Waals surface area (Å²) in [5, 5.41) is 9.54. The first-order valence-corrected chi connectivity index (χ1v) is 7.31. The van der Waals surface area contributed by atoms with Crippen molar-refractivity contribution in [2.24, 2.45) is 0 Å². The second-order valence-corrected chi connectivity index (χ2v) is 5.74. The first-order chi connectivity index (χ1) is 10.4. The van der Waals surface area contributed by atoms with Gasteiger partial charge in [0.1, 0.15) is 5.54 Å². The van der Waals surface area contributed by atoms with E-state index in [4.69, 9.17) is 0 Å². The van der Waals surface area contributed by atoms with Crippen LogP contribution in [0.2, 0.25) is 0 Å². The van der Waals surface area contributed by atoms with Gasteiger partial charge in [0.05, 0.1) is 6.42 Å². The summed E-state index contributed by atoms with van der Waals surface area (Å²) < 4.78 is 26.9. The van der Waals surface area contributed by atoms with Gasteiger partial charge in [-0.3, -0.25) is 4.79 Å². The Morgan fingerprint density at radius 2 is 1.86 bits per heavy atom. The molecule has 1 amide bonds. The fraction of sp³-hybridized carbons (Fsp3) is 0.500. The second-order valence-electron chi connectivity index (χ2n) is 5.74. The van der Waals surface area contributed by atoms with Crippen LogP contribution in [0, 0.1) is 11.6 Å². The Morgan fingerprint density at radius 3 is 2.45 bits per heavy atom. The van der Waals surface area contributed by atoms with E-state index in [0.717, 1.165) is 25.3 Å². The maximum atomic E-state index is 13.7. The summed E-state index contributed by atoms with van der Waals surface area (Å²) in [4.78, 5) is 25.2. The van der Waals surface area contributed by atoms with Gasteiger partial charge in [-0.05, 0) is 18.9 Å². The number of amides is 1. The zero-order chi connectivity index (χ0) is 16.3. The molecule has 0 radical (unpaired) electrons. The Morgan fingerprint density at radius 1 is 1.23 bits per heavy atom. The minimum absolute atomic E-state index is 0.0619. The summed E-state index contributed by atoms with van der Waals surface area (Å²) >= 11 is 0. The fourth-order valence-electron chi connectivity index (χ4n) is 3.03. The van der Waals surface area contributed by atoms with Crippen molar-refractivity contribution in [2.45, 2.75) is 44.1 Å². The fourth-order valence-corrected chi connectivity index (χ4v) is 3.03. The number of carbonyl (C=O) groups is 2. The van der Waals surface area contributed by atoms with E-state index >= 15 is 0 Å². The molecular formula is C16H19F2NO3. The lowest BCUT2D eigenvalue weighted by Gasteiger charge is -2.41. The molecule has 0 spiro atoms. The van der Waals surface area contributed by atoms with Gasteiger partial charge in [0, 0.05) is 12.6 Å². The minimum atomic E-state index is -1.24. The van der Waals surface area contributed by atoms with Crippen molar-refractivity contribution in [3.8, 4) is 0 Å². The highest BCUT2D eigenvalue weighted by molar-refractivity contribution is 5.88. The molecule has 1 N–H and O–H groups in total. The van der Waals surface area contributed by atoms with Gasteiger partial charge in [-0.25, -0.2) is 13.6 Å². The molecule has 6 heteroatoms. The Kier molecular flexibility index (Phi) is 4.78. The maximum Gasteiger partial charge on any atom is 0.329 e. The van der Waals surface area contributed by atoms with E-state index in [1.165, 1.54) is 24.1 Å². The van der Waals surface area contributed by atoms with Crippen molar-refractivity contribution in [3.63, 3.8) is 0 Å². The van der Waals surface area contributed by atoms with E-state index in [1.54, 1.807) is 0 Å². The lowest BCUT2D eigenvalue weighted by Crippen LogP contribution is -2.56. The molecule has 22 heavy (non-hydrogen) atoms. The highest BCUT2D eigenvalue weighted by Gasteiger charge is 2.45. The summed E-state index contributed by atoms with van der Waals surface area (Å²) in [7, 11) is 1.43. The first kappa shape index (κ1) is 16.4. The third-order valence-corrected chi connectivity index (χ3v) is 4.47. The Bertz CT molecular complexity index is 583. The van der Waals surface area contributed by atoms with Gasteiger partial charge < -0.3 is 10.0 Å².